The van der Waals surface area contributed by atoms with Crippen LogP contribution in [0.1, 0.15) is 26.0 Å². The van der Waals surface area contributed by atoms with Gasteiger partial charge in [0.2, 0.25) is 0 Å². The van der Waals surface area contributed by atoms with Gasteiger partial charge in [-0.25, -0.2) is 4.98 Å². The first-order chi connectivity index (χ1) is 7.54. The van der Waals surface area contributed by atoms with Crippen molar-refractivity contribution in [3.63, 3.8) is 0 Å². The van der Waals surface area contributed by atoms with Crippen LogP contribution in [0.15, 0.2) is 18.2 Å². The molecule has 1 saturated carbocycles. The van der Waals surface area contributed by atoms with Crippen LogP contribution in [0, 0.1) is 12.3 Å². The van der Waals surface area contributed by atoms with Crippen molar-refractivity contribution in [2.24, 2.45) is 5.41 Å². The summed E-state index contributed by atoms with van der Waals surface area (Å²) < 4.78 is 5.43. The molecular weight excluding hydrogens is 200 g/mol. The van der Waals surface area contributed by atoms with Crippen LogP contribution in [0.2, 0.25) is 0 Å². The fraction of sp³-hybridized carbons (Fsp3) is 0.615. The number of nitrogens with one attached hydrogen (secondary N) is 1. The third-order valence-electron chi connectivity index (χ3n) is 3.67. The molecule has 1 heterocycles. The molecule has 1 aromatic heterocycles. The van der Waals surface area contributed by atoms with Crippen molar-refractivity contribution >= 4 is 5.82 Å². The Morgan fingerprint density at radius 2 is 2.19 bits per heavy atom. The highest BCUT2D eigenvalue weighted by molar-refractivity contribution is 5.38. The largest absolute Gasteiger partial charge is 0.381 e. The van der Waals surface area contributed by atoms with Gasteiger partial charge in [0.25, 0.3) is 0 Å². The number of aromatic nitrogens is 1. The number of nitrogens with zero attached hydrogens (tertiary/aromatic N) is 1. The molecule has 3 nitrogen and oxygen atoms in total. The van der Waals surface area contributed by atoms with Gasteiger partial charge in [-0.1, -0.05) is 19.9 Å². The van der Waals surface area contributed by atoms with Crippen LogP contribution in [0.4, 0.5) is 5.82 Å². The Balaban J connectivity index is 2.02. The lowest BCUT2D eigenvalue weighted by Crippen LogP contribution is -2.57. The number of methoxy groups -OCH3 is 1. The van der Waals surface area contributed by atoms with Crippen molar-refractivity contribution in [1.82, 2.24) is 4.98 Å². The van der Waals surface area contributed by atoms with Crippen molar-refractivity contribution in [2.45, 2.75) is 39.3 Å². The van der Waals surface area contributed by atoms with E-state index in [0.29, 0.717) is 12.1 Å². The Morgan fingerprint density at radius 3 is 2.75 bits per heavy atom. The quantitative estimate of drug-likeness (QED) is 0.850. The summed E-state index contributed by atoms with van der Waals surface area (Å²) in [6.07, 6.45) is 1.41. The zero-order valence-electron chi connectivity index (χ0n) is 10.4. The number of hydrogen-bond donors (Lipinski definition) is 1. The number of aryl methyl sites for hydroxylation is 1. The molecule has 1 aromatic rings. The molecule has 0 aromatic carbocycles. The van der Waals surface area contributed by atoms with Crippen LogP contribution >= 0.6 is 0 Å². The van der Waals surface area contributed by atoms with E-state index < -0.39 is 0 Å². The highest BCUT2D eigenvalue weighted by atomic mass is 16.5. The fourth-order valence-corrected chi connectivity index (χ4v) is 2.33. The van der Waals surface area contributed by atoms with Crippen LogP contribution in [-0.4, -0.2) is 24.2 Å². The Hall–Kier alpha value is -1.09. The second-order valence-corrected chi connectivity index (χ2v) is 5.14. The van der Waals surface area contributed by atoms with E-state index >= 15 is 0 Å². The fourth-order valence-electron chi connectivity index (χ4n) is 2.33. The van der Waals surface area contributed by atoms with Crippen molar-refractivity contribution in [1.29, 1.82) is 0 Å². The lowest BCUT2D eigenvalue weighted by atomic mass is 9.64. The first kappa shape index (κ1) is 11.4. The van der Waals surface area contributed by atoms with Crippen LogP contribution < -0.4 is 5.32 Å². The van der Waals surface area contributed by atoms with E-state index in [1.165, 1.54) is 0 Å². The highest BCUT2D eigenvalue weighted by Crippen LogP contribution is 2.43. The SMILES string of the molecule is COC1CC(Nc2cccc(C)n2)C1(C)C. The van der Waals surface area contributed by atoms with E-state index in [9.17, 15) is 0 Å². The number of rotatable bonds is 3. The summed E-state index contributed by atoms with van der Waals surface area (Å²) in [4.78, 5) is 4.46. The molecule has 0 bridgehead atoms. The Labute approximate surface area is 97.2 Å². The summed E-state index contributed by atoms with van der Waals surface area (Å²) in [7, 11) is 1.79. The lowest BCUT2D eigenvalue weighted by molar-refractivity contribution is -0.0795. The van der Waals surface area contributed by atoms with E-state index in [1.807, 2.05) is 25.1 Å². The molecule has 0 spiro atoms. The highest BCUT2D eigenvalue weighted by Gasteiger charge is 2.48. The van der Waals surface area contributed by atoms with Gasteiger partial charge in [-0.3, -0.25) is 0 Å². The second-order valence-electron chi connectivity index (χ2n) is 5.14. The maximum atomic E-state index is 5.43. The average Bonchev–Trinajstić information content (AvgIpc) is 2.23. The van der Waals surface area contributed by atoms with Gasteiger partial charge in [0.05, 0.1) is 6.10 Å². The van der Waals surface area contributed by atoms with Gasteiger partial charge < -0.3 is 10.1 Å². The van der Waals surface area contributed by atoms with Gasteiger partial charge in [0.1, 0.15) is 5.82 Å². The molecule has 0 saturated heterocycles. The van der Waals surface area contributed by atoms with Crippen LogP contribution in [0.25, 0.3) is 0 Å². The van der Waals surface area contributed by atoms with E-state index in [0.717, 1.165) is 17.9 Å². The summed E-state index contributed by atoms with van der Waals surface area (Å²) in [6, 6.07) is 6.51. The molecule has 0 radical (unpaired) electrons. The Bertz CT molecular complexity index is 376. The predicted octanol–water partition coefficient (Wildman–Crippen LogP) is 2.62. The molecule has 2 unspecified atom stereocenters. The topological polar surface area (TPSA) is 34.1 Å². The summed E-state index contributed by atoms with van der Waals surface area (Å²) in [6.45, 7) is 6.48. The molecule has 2 rings (SSSR count). The standard InChI is InChI=1S/C13H20N2O/c1-9-6-5-7-12(14-9)15-10-8-11(16-4)13(10,2)3/h5-7,10-11H,8H2,1-4H3,(H,14,15). The molecule has 3 heteroatoms. The molecule has 16 heavy (non-hydrogen) atoms. The third kappa shape index (κ3) is 1.92. The Kier molecular flexibility index (Phi) is 2.89. The first-order valence-corrected chi connectivity index (χ1v) is 5.77. The zero-order chi connectivity index (χ0) is 11.8. The van der Waals surface area contributed by atoms with Gasteiger partial charge in [0, 0.05) is 24.3 Å². The number of anilines is 1. The zero-order valence-corrected chi connectivity index (χ0v) is 10.4. The molecule has 2 atom stereocenters. The summed E-state index contributed by atoms with van der Waals surface area (Å²) in [5.41, 5.74) is 1.23. The summed E-state index contributed by atoms with van der Waals surface area (Å²) in [5.74, 6) is 0.965. The number of pyridine rings is 1. The lowest BCUT2D eigenvalue weighted by Gasteiger charge is -2.51. The van der Waals surface area contributed by atoms with Crippen molar-refractivity contribution < 1.29 is 4.74 Å². The van der Waals surface area contributed by atoms with Crippen molar-refractivity contribution in [2.75, 3.05) is 12.4 Å². The minimum atomic E-state index is 0.181. The van der Waals surface area contributed by atoms with E-state index in [1.54, 1.807) is 7.11 Å². The third-order valence-corrected chi connectivity index (χ3v) is 3.67. The van der Waals surface area contributed by atoms with Gasteiger partial charge in [-0.15, -0.1) is 0 Å². The first-order valence-electron chi connectivity index (χ1n) is 5.77. The normalized spacial score (nSPS) is 27.2. The minimum absolute atomic E-state index is 0.181. The van der Waals surface area contributed by atoms with Gasteiger partial charge >= 0.3 is 0 Å². The smallest absolute Gasteiger partial charge is 0.126 e. The van der Waals surface area contributed by atoms with Crippen LogP contribution in [-0.2, 0) is 4.74 Å². The predicted molar refractivity (Wildman–Crippen MR) is 65.6 cm³/mol. The van der Waals surface area contributed by atoms with E-state index in [4.69, 9.17) is 4.74 Å². The van der Waals surface area contributed by atoms with Crippen LogP contribution in [0.5, 0.6) is 0 Å². The molecule has 1 N–H and O–H groups in total. The maximum absolute atomic E-state index is 5.43. The maximum Gasteiger partial charge on any atom is 0.126 e. The van der Waals surface area contributed by atoms with E-state index in [-0.39, 0.29) is 5.41 Å². The monoisotopic (exact) mass is 220 g/mol. The molecule has 1 fully saturated rings. The van der Waals surface area contributed by atoms with Gasteiger partial charge in [0.15, 0.2) is 0 Å². The number of ether oxygens (including phenoxy) is 1. The molecule has 88 valence electrons. The van der Waals surface area contributed by atoms with Crippen molar-refractivity contribution in [3.8, 4) is 0 Å². The summed E-state index contributed by atoms with van der Waals surface area (Å²) >= 11 is 0. The average molecular weight is 220 g/mol. The molecule has 0 amide bonds. The van der Waals surface area contributed by atoms with E-state index in [2.05, 4.69) is 24.1 Å². The minimum Gasteiger partial charge on any atom is -0.381 e. The molecule has 1 aliphatic carbocycles. The second kappa shape index (κ2) is 4.06. The number of hydrogen-bond acceptors (Lipinski definition) is 3. The summed E-state index contributed by atoms with van der Waals surface area (Å²) in [5, 5.41) is 3.48. The molecular formula is C13H20N2O. The Morgan fingerprint density at radius 1 is 1.44 bits per heavy atom. The molecule has 1 aliphatic rings. The van der Waals surface area contributed by atoms with Crippen LogP contribution in [0.3, 0.4) is 0 Å². The van der Waals surface area contributed by atoms with Gasteiger partial charge in [-0.2, -0.15) is 0 Å². The van der Waals surface area contributed by atoms with Crippen molar-refractivity contribution in [3.05, 3.63) is 23.9 Å². The van der Waals surface area contributed by atoms with Gasteiger partial charge in [-0.05, 0) is 25.5 Å². The molecule has 0 aliphatic heterocycles.